The molecule has 0 aliphatic carbocycles. The zero-order chi connectivity index (χ0) is 23.6. The number of carbonyl (C=O) groups is 1. The van der Waals surface area contributed by atoms with Crippen LogP contribution in [0.1, 0.15) is 12.8 Å². The molecule has 2 fully saturated rings. The van der Waals surface area contributed by atoms with Crippen molar-refractivity contribution in [3.8, 4) is 0 Å². The molecule has 2 saturated heterocycles. The summed E-state index contributed by atoms with van der Waals surface area (Å²) in [5, 5.41) is 18.7. The fourth-order valence-corrected chi connectivity index (χ4v) is 5.53. The Morgan fingerprint density at radius 3 is 2.48 bits per heavy atom. The molecule has 4 rings (SSSR count). The van der Waals surface area contributed by atoms with Gasteiger partial charge in [-0.2, -0.15) is 9.40 Å². The van der Waals surface area contributed by atoms with Gasteiger partial charge in [-0.15, -0.1) is 0 Å². The van der Waals surface area contributed by atoms with E-state index in [-0.39, 0.29) is 35.5 Å². The molecule has 0 spiro atoms. The maximum absolute atomic E-state index is 12.9. The Morgan fingerprint density at radius 1 is 1.18 bits per heavy atom. The predicted molar refractivity (Wildman–Crippen MR) is 119 cm³/mol. The number of nitrogens with one attached hydrogen (secondary N) is 1. The number of aromatic nitrogens is 2. The summed E-state index contributed by atoms with van der Waals surface area (Å²) in [5.74, 6) is 0.121. The van der Waals surface area contributed by atoms with Gasteiger partial charge in [-0.1, -0.05) is 0 Å². The molecule has 178 valence electrons. The lowest BCUT2D eigenvalue weighted by atomic mass is 9.95. The molecule has 1 aromatic heterocycles. The van der Waals surface area contributed by atoms with Gasteiger partial charge in [0.25, 0.3) is 5.69 Å². The number of carbonyl (C=O) groups excluding carboxylic acids is 1. The van der Waals surface area contributed by atoms with Crippen LogP contribution in [0.15, 0.2) is 35.4 Å². The Balaban J connectivity index is 1.46. The molecule has 0 radical (unpaired) electrons. The number of anilines is 2. The molecule has 0 atom stereocenters. The second kappa shape index (κ2) is 9.45. The van der Waals surface area contributed by atoms with Gasteiger partial charge in [0, 0.05) is 57.5 Å². The summed E-state index contributed by atoms with van der Waals surface area (Å²) in [6.07, 6.45) is 2.77. The van der Waals surface area contributed by atoms with Gasteiger partial charge in [0.1, 0.15) is 5.69 Å². The highest BCUT2D eigenvalue weighted by atomic mass is 32.2. The number of amides is 1. The van der Waals surface area contributed by atoms with Crippen LogP contribution in [0.25, 0.3) is 0 Å². The molecule has 0 bridgehead atoms. The number of ether oxygens (including phenoxy) is 1. The normalized spacial score (nSPS) is 18.3. The van der Waals surface area contributed by atoms with E-state index in [1.165, 1.54) is 16.4 Å². The number of rotatable bonds is 6. The third kappa shape index (κ3) is 4.99. The quantitative estimate of drug-likeness (QED) is 0.483. The van der Waals surface area contributed by atoms with E-state index in [9.17, 15) is 23.3 Å². The standard InChI is InChI=1S/C20H26N6O6S/c1-23-7-6-19(22-23)21-20(27)15-4-8-24(9-5-15)17-3-2-16(14-18(17)26(28)29)33(30,31)25-10-12-32-13-11-25/h2-3,6-7,14-15H,4-5,8-13H2,1H3,(H,21,22,27). The number of morpholine rings is 1. The molecule has 2 aromatic rings. The van der Waals surface area contributed by atoms with E-state index in [0.717, 1.165) is 6.07 Å². The summed E-state index contributed by atoms with van der Waals surface area (Å²) >= 11 is 0. The van der Waals surface area contributed by atoms with E-state index in [1.54, 1.807) is 24.0 Å². The van der Waals surface area contributed by atoms with Gasteiger partial charge in [0.2, 0.25) is 15.9 Å². The zero-order valence-electron chi connectivity index (χ0n) is 18.2. The molecule has 2 aliphatic rings. The van der Waals surface area contributed by atoms with E-state index in [2.05, 4.69) is 10.4 Å². The number of benzene rings is 1. The lowest BCUT2D eigenvalue weighted by molar-refractivity contribution is -0.384. The molecule has 13 heteroatoms. The van der Waals surface area contributed by atoms with Crippen LogP contribution in [0.3, 0.4) is 0 Å². The van der Waals surface area contributed by atoms with Crippen molar-refractivity contribution < 1.29 is 22.9 Å². The molecule has 33 heavy (non-hydrogen) atoms. The first kappa shape index (κ1) is 23.1. The van der Waals surface area contributed by atoms with Crippen LogP contribution in [-0.2, 0) is 26.6 Å². The van der Waals surface area contributed by atoms with Crippen LogP contribution in [0, 0.1) is 16.0 Å². The van der Waals surface area contributed by atoms with Crippen molar-refractivity contribution in [2.45, 2.75) is 17.7 Å². The van der Waals surface area contributed by atoms with Crippen molar-refractivity contribution >= 4 is 33.1 Å². The van der Waals surface area contributed by atoms with Crippen LogP contribution in [-0.4, -0.2) is 72.7 Å². The van der Waals surface area contributed by atoms with Crippen molar-refractivity contribution in [3.63, 3.8) is 0 Å². The molecule has 2 aliphatic heterocycles. The van der Waals surface area contributed by atoms with Crippen molar-refractivity contribution in [3.05, 3.63) is 40.6 Å². The highest BCUT2D eigenvalue weighted by molar-refractivity contribution is 7.89. The Morgan fingerprint density at radius 2 is 1.88 bits per heavy atom. The first-order chi connectivity index (χ1) is 15.8. The fourth-order valence-electron chi connectivity index (χ4n) is 4.11. The molecule has 1 amide bonds. The maximum Gasteiger partial charge on any atom is 0.293 e. The summed E-state index contributed by atoms with van der Waals surface area (Å²) in [4.78, 5) is 25.5. The van der Waals surface area contributed by atoms with Crippen molar-refractivity contribution in [2.75, 3.05) is 49.6 Å². The number of nitrogens with zero attached hydrogens (tertiary/aromatic N) is 5. The number of hydrogen-bond donors (Lipinski definition) is 1. The first-order valence-electron chi connectivity index (χ1n) is 10.7. The molecule has 0 unspecified atom stereocenters. The van der Waals surface area contributed by atoms with Crippen LogP contribution in [0.4, 0.5) is 17.2 Å². The average Bonchev–Trinajstić information content (AvgIpc) is 3.23. The molecular formula is C20H26N6O6S. The largest absolute Gasteiger partial charge is 0.379 e. The van der Waals surface area contributed by atoms with E-state index in [0.29, 0.717) is 50.7 Å². The van der Waals surface area contributed by atoms with E-state index < -0.39 is 14.9 Å². The zero-order valence-corrected chi connectivity index (χ0v) is 19.0. The van der Waals surface area contributed by atoms with Gasteiger partial charge in [-0.25, -0.2) is 8.42 Å². The predicted octanol–water partition coefficient (Wildman–Crippen LogP) is 1.20. The first-order valence-corrected chi connectivity index (χ1v) is 12.1. The smallest absolute Gasteiger partial charge is 0.293 e. The van der Waals surface area contributed by atoms with Crippen molar-refractivity contribution in [1.82, 2.24) is 14.1 Å². The van der Waals surface area contributed by atoms with E-state index >= 15 is 0 Å². The minimum atomic E-state index is -3.84. The van der Waals surface area contributed by atoms with Crippen molar-refractivity contribution in [2.24, 2.45) is 13.0 Å². The molecule has 1 N–H and O–H groups in total. The van der Waals surface area contributed by atoms with Crippen LogP contribution in [0.2, 0.25) is 0 Å². The molecular weight excluding hydrogens is 452 g/mol. The second-order valence-corrected chi connectivity index (χ2v) is 9.99. The molecule has 0 saturated carbocycles. The number of sulfonamides is 1. The van der Waals surface area contributed by atoms with Gasteiger partial charge in [-0.3, -0.25) is 19.6 Å². The van der Waals surface area contributed by atoms with Gasteiger partial charge >= 0.3 is 0 Å². The number of nitro groups is 1. The summed E-state index contributed by atoms with van der Waals surface area (Å²) in [6, 6.07) is 5.73. The minimum absolute atomic E-state index is 0.107. The molecule has 3 heterocycles. The van der Waals surface area contributed by atoms with Crippen molar-refractivity contribution in [1.29, 1.82) is 0 Å². The Bertz CT molecular complexity index is 1140. The van der Waals surface area contributed by atoms with E-state index in [1.807, 2.05) is 4.90 Å². The van der Waals surface area contributed by atoms with Crippen LogP contribution < -0.4 is 10.2 Å². The fraction of sp³-hybridized carbons (Fsp3) is 0.500. The highest BCUT2D eigenvalue weighted by Gasteiger charge is 2.32. The third-order valence-corrected chi connectivity index (χ3v) is 7.82. The maximum atomic E-state index is 12.9. The van der Waals surface area contributed by atoms with Gasteiger partial charge < -0.3 is 15.0 Å². The SMILES string of the molecule is Cn1ccc(NC(=O)C2CCN(c3ccc(S(=O)(=O)N4CCOCC4)cc3[N+](=O)[O-])CC2)n1. The van der Waals surface area contributed by atoms with Gasteiger partial charge in [0.05, 0.1) is 23.0 Å². The van der Waals surface area contributed by atoms with Crippen LogP contribution in [0.5, 0.6) is 0 Å². The molecule has 12 nitrogen and oxygen atoms in total. The number of nitro benzene ring substituents is 1. The third-order valence-electron chi connectivity index (χ3n) is 5.92. The van der Waals surface area contributed by atoms with Gasteiger partial charge in [0.15, 0.2) is 5.82 Å². The number of hydrogen-bond acceptors (Lipinski definition) is 8. The summed E-state index contributed by atoms with van der Waals surface area (Å²) < 4.78 is 33.9. The minimum Gasteiger partial charge on any atom is -0.379 e. The van der Waals surface area contributed by atoms with E-state index in [4.69, 9.17) is 4.74 Å². The topological polar surface area (TPSA) is 140 Å². The monoisotopic (exact) mass is 478 g/mol. The summed E-state index contributed by atoms with van der Waals surface area (Å²) in [6.45, 7) is 1.90. The lowest BCUT2D eigenvalue weighted by Crippen LogP contribution is -2.40. The average molecular weight is 479 g/mol. The number of piperidine rings is 1. The summed E-state index contributed by atoms with van der Waals surface area (Å²) in [5.41, 5.74) is 0.0882. The summed E-state index contributed by atoms with van der Waals surface area (Å²) in [7, 11) is -2.08. The Kier molecular flexibility index (Phi) is 6.63. The number of aryl methyl sites for hydroxylation is 1. The molecule has 1 aromatic carbocycles. The van der Waals surface area contributed by atoms with Gasteiger partial charge in [-0.05, 0) is 25.0 Å². The Hall–Kier alpha value is -3.03. The highest BCUT2D eigenvalue weighted by Crippen LogP contribution is 2.34. The lowest BCUT2D eigenvalue weighted by Gasteiger charge is -2.32. The Labute approximate surface area is 191 Å². The van der Waals surface area contributed by atoms with Crippen LogP contribution >= 0.6 is 0 Å². The second-order valence-electron chi connectivity index (χ2n) is 8.05.